The van der Waals surface area contributed by atoms with Crippen molar-refractivity contribution in [3.63, 3.8) is 0 Å². The number of aromatic nitrogens is 2. The van der Waals surface area contributed by atoms with Gasteiger partial charge in [-0.05, 0) is 26.3 Å². The molecule has 2 rings (SSSR count). The number of rotatable bonds is 13. The monoisotopic (exact) mass is 399 g/mol. The maximum absolute atomic E-state index is 12.0. The van der Waals surface area contributed by atoms with E-state index in [2.05, 4.69) is 4.98 Å². The number of nitrogens with zero attached hydrogens (tertiary/aromatic N) is 1. The van der Waals surface area contributed by atoms with Gasteiger partial charge in [0, 0.05) is 24.8 Å². The fourth-order valence-electron chi connectivity index (χ4n) is 3.26. The SMILES string of the molecule is Cc1cn([C@H]2C[C@H](OCOCCCCCCCCN)[C@@H](CO)O2)c(=O)[nH]c1=O. The quantitative estimate of drug-likeness (QED) is 0.330. The van der Waals surface area contributed by atoms with Crippen molar-refractivity contribution in [2.75, 3.05) is 26.6 Å². The normalized spacial score (nSPS) is 22.0. The second-order valence-electron chi connectivity index (χ2n) is 7.17. The Balaban J connectivity index is 1.71. The summed E-state index contributed by atoms with van der Waals surface area (Å²) < 4.78 is 18.3. The molecule has 0 radical (unpaired) electrons. The molecule has 160 valence electrons. The van der Waals surface area contributed by atoms with Crippen molar-refractivity contribution >= 4 is 0 Å². The van der Waals surface area contributed by atoms with Crippen molar-refractivity contribution in [3.8, 4) is 0 Å². The number of hydrogen-bond donors (Lipinski definition) is 3. The van der Waals surface area contributed by atoms with Crippen LogP contribution in [0.15, 0.2) is 15.8 Å². The first-order valence-corrected chi connectivity index (χ1v) is 10.0. The molecule has 0 amide bonds. The minimum absolute atomic E-state index is 0.115. The first-order valence-electron chi connectivity index (χ1n) is 10.0. The lowest BCUT2D eigenvalue weighted by atomic mass is 10.1. The van der Waals surface area contributed by atoms with Crippen molar-refractivity contribution in [1.29, 1.82) is 0 Å². The molecule has 28 heavy (non-hydrogen) atoms. The summed E-state index contributed by atoms with van der Waals surface area (Å²) in [6, 6.07) is 0. The highest BCUT2D eigenvalue weighted by Crippen LogP contribution is 2.29. The number of nitrogens with one attached hydrogen (secondary N) is 1. The van der Waals surface area contributed by atoms with Gasteiger partial charge in [0.1, 0.15) is 19.1 Å². The van der Waals surface area contributed by atoms with E-state index in [0.29, 0.717) is 18.6 Å². The fourth-order valence-corrected chi connectivity index (χ4v) is 3.26. The zero-order chi connectivity index (χ0) is 20.4. The fraction of sp³-hybridized carbons (Fsp3) is 0.789. The van der Waals surface area contributed by atoms with Gasteiger partial charge in [-0.3, -0.25) is 14.3 Å². The van der Waals surface area contributed by atoms with Gasteiger partial charge in [0.25, 0.3) is 5.56 Å². The predicted molar refractivity (Wildman–Crippen MR) is 104 cm³/mol. The lowest BCUT2D eigenvalue weighted by Crippen LogP contribution is -2.33. The topological polar surface area (TPSA) is 129 Å². The third-order valence-corrected chi connectivity index (χ3v) is 4.92. The van der Waals surface area contributed by atoms with Crippen LogP contribution >= 0.6 is 0 Å². The molecule has 3 atom stereocenters. The van der Waals surface area contributed by atoms with Gasteiger partial charge in [0.2, 0.25) is 0 Å². The Morgan fingerprint density at radius 1 is 1.25 bits per heavy atom. The van der Waals surface area contributed by atoms with E-state index in [-0.39, 0.29) is 19.5 Å². The molecule has 0 saturated carbocycles. The third-order valence-electron chi connectivity index (χ3n) is 4.92. The summed E-state index contributed by atoms with van der Waals surface area (Å²) in [6.45, 7) is 2.89. The van der Waals surface area contributed by atoms with Gasteiger partial charge in [0.05, 0.1) is 12.7 Å². The van der Waals surface area contributed by atoms with Gasteiger partial charge >= 0.3 is 5.69 Å². The van der Waals surface area contributed by atoms with Gasteiger partial charge < -0.3 is 25.1 Å². The number of aryl methyl sites for hydroxylation is 1. The van der Waals surface area contributed by atoms with Crippen LogP contribution in [-0.2, 0) is 14.2 Å². The standard InChI is InChI=1S/C19H33N3O6/c1-14-11-22(19(25)21-18(14)24)17-10-15(16(12-23)28-17)27-13-26-9-7-5-3-2-4-6-8-20/h11,15-17,23H,2-10,12-13,20H2,1H3,(H,21,24,25)/t15-,16+,17+/m0/s1. The molecule has 9 heteroatoms. The van der Waals surface area contributed by atoms with E-state index in [4.69, 9.17) is 19.9 Å². The van der Waals surface area contributed by atoms with Gasteiger partial charge in [0.15, 0.2) is 0 Å². The number of hydrogen-bond acceptors (Lipinski definition) is 7. The van der Waals surface area contributed by atoms with Crippen LogP contribution in [0.5, 0.6) is 0 Å². The molecule has 1 fully saturated rings. The molecule has 1 aromatic heterocycles. The summed E-state index contributed by atoms with van der Waals surface area (Å²) in [5.41, 5.74) is 4.93. The summed E-state index contributed by atoms with van der Waals surface area (Å²) in [7, 11) is 0. The molecule has 0 aliphatic carbocycles. The first kappa shape index (κ1) is 22.8. The molecule has 4 N–H and O–H groups in total. The van der Waals surface area contributed by atoms with Crippen LogP contribution in [0.25, 0.3) is 0 Å². The third kappa shape index (κ3) is 6.82. The largest absolute Gasteiger partial charge is 0.394 e. The number of ether oxygens (including phenoxy) is 3. The molecule has 1 aromatic rings. The summed E-state index contributed by atoms with van der Waals surface area (Å²) in [5, 5.41) is 9.53. The van der Waals surface area contributed by atoms with Crippen molar-refractivity contribution in [1.82, 2.24) is 9.55 Å². The molecule has 2 heterocycles. The average Bonchev–Trinajstić information content (AvgIpc) is 3.09. The van der Waals surface area contributed by atoms with Gasteiger partial charge in [-0.2, -0.15) is 0 Å². The maximum Gasteiger partial charge on any atom is 0.330 e. The molecular formula is C19H33N3O6. The summed E-state index contributed by atoms with van der Waals surface area (Å²) in [5.74, 6) is 0. The number of H-pyrrole nitrogens is 1. The molecule has 9 nitrogen and oxygen atoms in total. The molecule has 0 unspecified atom stereocenters. The van der Waals surface area contributed by atoms with E-state index in [0.717, 1.165) is 25.8 Å². The van der Waals surface area contributed by atoms with Crippen LogP contribution in [0.2, 0.25) is 0 Å². The zero-order valence-corrected chi connectivity index (χ0v) is 16.6. The molecular weight excluding hydrogens is 366 g/mol. The second-order valence-corrected chi connectivity index (χ2v) is 7.17. The number of nitrogens with two attached hydrogens (primary N) is 1. The smallest absolute Gasteiger partial charge is 0.330 e. The Morgan fingerprint density at radius 3 is 2.68 bits per heavy atom. The maximum atomic E-state index is 12.0. The highest BCUT2D eigenvalue weighted by molar-refractivity contribution is 5.02. The minimum Gasteiger partial charge on any atom is -0.394 e. The Morgan fingerprint density at radius 2 is 1.96 bits per heavy atom. The van der Waals surface area contributed by atoms with Crippen molar-refractivity contribution in [2.24, 2.45) is 5.73 Å². The molecule has 1 aliphatic heterocycles. The Labute approximate surface area is 164 Å². The van der Waals surface area contributed by atoms with Crippen LogP contribution in [0.1, 0.15) is 56.7 Å². The van der Waals surface area contributed by atoms with Crippen molar-refractivity contribution < 1.29 is 19.3 Å². The molecule has 1 aliphatic rings. The van der Waals surface area contributed by atoms with Gasteiger partial charge in [-0.25, -0.2) is 4.79 Å². The summed E-state index contributed by atoms with van der Waals surface area (Å²) in [4.78, 5) is 25.8. The lowest BCUT2D eigenvalue weighted by molar-refractivity contribution is -0.119. The number of aliphatic hydroxyl groups is 1. The lowest BCUT2D eigenvalue weighted by Gasteiger charge is -2.16. The van der Waals surface area contributed by atoms with E-state index in [9.17, 15) is 14.7 Å². The number of aliphatic hydroxyl groups excluding tert-OH is 1. The average molecular weight is 399 g/mol. The van der Waals surface area contributed by atoms with E-state index < -0.39 is 23.6 Å². The van der Waals surface area contributed by atoms with E-state index in [1.54, 1.807) is 6.92 Å². The van der Waals surface area contributed by atoms with Crippen molar-refractivity contribution in [3.05, 3.63) is 32.6 Å². The molecule has 0 bridgehead atoms. The van der Waals surface area contributed by atoms with Gasteiger partial charge in [-0.15, -0.1) is 0 Å². The highest BCUT2D eigenvalue weighted by Gasteiger charge is 2.37. The van der Waals surface area contributed by atoms with Crippen LogP contribution in [0.3, 0.4) is 0 Å². The first-order chi connectivity index (χ1) is 13.6. The summed E-state index contributed by atoms with van der Waals surface area (Å²) >= 11 is 0. The highest BCUT2D eigenvalue weighted by atomic mass is 16.7. The Hall–Kier alpha value is -1.52. The number of unbranched alkanes of at least 4 members (excludes halogenated alkanes) is 5. The predicted octanol–water partition coefficient (Wildman–Crippen LogP) is 0.783. The Kier molecular flexibility index (Phi) is 9.86. The van der Waals surface area contributed by atoms with E-state index in [1.165, 1.54) is 30.0 Å². The van der Waals surface area contributed by atoms with Crippen LogP contribution in [-0.4, -0.2) is 53.4 Å². The second kappa shape index (κ2) is 12.1. The molecule has 0 aromatic carbocycles. The Bertz CT molecular complexity index is 689. The van der Waals surface area contributed by atoms with Crippen LogP contribution in [0, 0.1) is 6.92 Å². The van der Waals surface area contributed by atoms with E-state index in [1.807, 2.05) is 0 Å². The minimum atomic E-state index is -0.598. The van der Waals surface area contributed by atoms with Crippen molar-refractivity contribution in [2.45, 2.75) is 70.3 Å². The zero-order valence-electron chi connectivity index (χ0n) is 16.6. The summed E-state index contributed by atoms with van der Waals surface area (Å²) in [6.07, 6.45) is 7.08. The van der Waals surface area contributed by atoms with Crippen LogP contribution < -0.4 is 17.0 Å². The van der Waals surface area contributed by atoms with E-state index >= 15 is 0 Å². The molecule has 1 saturated heterocycles. The molecule has 0 spiro atoms. The number of aromatic amines is 1. The van der Waals surface area contributed by atoms with Crippen LogP contribution in [0.4, 0.5) is 0 Å². The van der Waals surface area contributed by atoms with Gasteiger partial charge in [-0.1, -0.05) is 25.7 Å².